The van der Waals surface area contributed by atoms with E-state index in [0.29, 0.717) is 30.4 Å². The maximum absolute atomic E-state index is 12.7. The number of rotatable bonds is 5. The SMILES string of the molecule is CC(C)Oc1ccc(C(=O)N2CCCC(Oc3cccnn3)C2)cn1. The van der Waals surface area contributed by atoms with Gasteiger partial charge in [0.25, 0.3) is 5.91 Å². The Morgan fingerprint density at radius 1 is 1.28 bits per heavy atom. The van der Waals surface area contributed by atoms with Crippen LogP contribution in [0.4, 0.5) is 0 Å². The fourth-order valence-corrected chi connectivity index (χ4v) is 2.74. The van der Waals surface area contributed by atoms with Gasteiger partial charge in [0.1, 0.15) is 6.10 Å². The number of carbonyl (C=O) groups is 1. The fourth-order valence-electron chi connectivity index (χ4n) is 2.74. The average molecular weight is 342 g/mol. The second-order valence-electron chi connectivity index (χ2n) is 6.25. The summed E-state index contributed by atoms with van der Waals surface area (Å²) in [5.74, 6) is 0.962. The molecular weight excluding hydrogens is 320 g/mol. The Morgan fingerprint density at radius 3 is 2.84 bits per heavy atom. The molecule has 0 bridgehead atoms. The summed E-state index contributed by atoms with van der Waals surface area (Å²) in [6.45, 7) is 5.11. The zero-order valence-corrected chi connectivity index (χ0v) is 14.5. The number of piperidine rings is 1. The van der Waals surface area contributed by atoms with Crippen molar-refractivity contribution in [1.29, 1.82) is 0 Å². The van der Waals surface area contributed by atoms with E-state index in [2.05, 4.69) is 15.2 Å². The molecule has 3 rings (SSSR count). The van der Waals surface area contributed by atoms with Gasteiger partial charge in [0, 0.05) is 31.1 Å². The largest absolute Gasteiger partial charge is 0.475 e. The Labute approximate surface area is 147 Å². The van der Waals surface area contributed by atoms with Crippen molar-refractivity contribution in [2.75, 3.05) is 13.1 Å². The molecule has 0 spiro atoms. The number of likely N-dealkylation sites (tertiary alicyclic amines) is 1. The number of pyridine rings is 1. The summed E-state index contributed by atoms with van der Waals surface area (Å²) < 4.78 is 11.3. The molecule has 1 amide bonds. The normalized spacial score (nSPS) is 17.4. The van der Waals surface area contributed by atoms with Crippen LogP contribution in [0.15, 0.2) is 36.7 Å². The van der Waals surface area contributed by atoms with E-state index in [4.69, 9.17) is 9.47 Å². The predicted octanol–water partition coefficient (Wildman–Crippen LogP) is 2.34. The molecule has 1 aliphatic rings. The molecule has 0 aliphatic carbocycles. The third-order valence-corrected chi connectivity index (χ3v) is 3.84. The van der Waals surface area contributed by atoms with Crippen molar-refractivity contribution in [2.24, 2.45) is 0 Å². The van der Waals surface area contributed by atoms with Crippen LogP contribution in [-0.2, 0) is 0 Å². The third-order valence-electron chi connectivity index (χ3n) is 3.84. The molecule has 1 fully saturated rings. The van der Waals surface area contributed by atoms with Crippen molar-refractivity contribution in [3.8, 4) is 11.8 Å². The van der Waals surface area contributed by atoms with Gasteiger partial charge >= 0.3 is 0 Å². The molecule has 7 heteroatoms. The van der Waals surface area contributed by atoms with E-state index in [1.165, 1.54) is 0 Å². The van der Waals surface area contributed by atoms with E-state index in [1.807, 2.05) is 13.8 Å². The first-order valence-electron chi connectivity index (χ1n) is 8.48. The van der Waals surface area contributed by atoms with E-state index in [-0.39, 0.29) is 18.1 Å². The second kappa shape index (κ2) is 7.92. The number of aromatic nitrogens is 3. The molecule has 0 N–H and O–H groups in total. The summed E-state index contributed by atoms with van der Waals surface area (Å²) in [6, 6.07) is 7.02. The second-order valence-corrected chi connectivity index (χ2v) is 6.25. The van der Waals surface area contributed by atoms with Gasteiger partial charge in [0.2, 0.25) is 11.8 Å². The van der Waals surface area contributed by atoms with Crippen molar-refractivity contribution < 1.29 is 14.3 Å². The first-order chi connectivity index (χ1) is 12.1. The van der Waals surface area contributed by atoms with Gasteiger partial charge in [0.15, 0.2) is 0 Å². The van der Waals surface area contributed by atoms with Gasteiger partial charge in [0.05, 0.1) is 18.2 Å². The molecular formula is C18H22N4O3. The van der Waals surface area contributed by atoms with Crippen LogP contribution in [0.1, 0.15) is 37.0 Å². The smallest absolute Gasteiger partial charge is 0.255 e. The van der Waals surface area contributed by atoms with Crippen LogP contribution in [0.25, 0.3) is 0 Å². The molecule has 1 aliphatic heterocycles. The summed E-state index contributed by atoms with van der Waals surface area (Å²) >= 11 is 0. The zero-order chi connectivity index (χ0) is 17.6. The molecule has 0 aromatic carbocycles. The Hall–Kier alpha value is -2.70. The van der Waals surface area contributed by atoms with Crippen LogP contribution in [0.3, 0.4) is 0 Å². The summed E-state index contributed by atoms with van der Waals surface area (Å²) in [5, 5.41) is 7.74. The summed E-state index contributed by atoms with van der Waals surface area (Å²) in [6.07, 6.45) is 4.91. The molecule has 132 valence electrons. The van der Waals surface area contributed by atoms with Gasteiger partial charge in [-0.05, 0) is 38.8 Å². The number of nitrogens with zero attached hydrogens (tertiary/aromatic N) is 4. The van der Waals surface area contributed by atoms with Gasteiger partial charge in [-0.25, -0.2) is 4.98 Å². The van der Waals surface area contributed by atoms with Gasteiger partial charge in [-0.15, -0.1) is 5.10 Å². The molecule has 3 heterocycles. The van der Waals surface area contributed by atoms with Crippen molar-refractivity contribution >= 4 is 5.91 Å². The quantitative estimate of drug-likeness (QED) is 0.830. The van der Waals surface area contributed by atoms with E-state index >= 15 is 0 Å². The summed E-state index contributed by atoms with van der Waals surface area (Å²) in [4.78, 5) is 18.7. The van der Waals surface area contributed by atoms with E-state index in [9.17, 15) is 4.79 Å². The molecule has 1 atom stereocenters. The van der Waals surface area contributed by atoms with Gasteiger partial charge < -0.3 is 14.4 Å². The molecule has 7 nitrogen and oxygen atoms in total. The highest BCUT2D eigenvalue weighted by atomic mass is 16.5. The molecule has 0 radical (unpaired) electrons. The summed E-state index contributed by atoms with van der Waals surface area (Å²) in [7, 11) is 0. The fraction of sp³-hybridized carbons (Fsp3) is 0.444. The van der Waals surface area contributed by atoms with E-state index < -0.39 is 0 Å². The average Bonchev–Trinajstić information content (AvgIpc) is 2.62. The maximum Gasteiger partial charge on any atom is 0.255 e. The lowest BCUT2D eigenvalue weighted by molar-refractivity contribution is 0.0525. The topological polar surface area (TPSA) is 77.4 Å². The Balaban J connectivity index is 1.61. The van der Waals surface area contributed by atoms with E-state index in [1.54, 1.807) is 41.6 Å². The minimum atomic E-state index is -0.0779. The van der Waals surface area contributed by atoms with Crippen molar-refractivity contribution in [3.05, 3.63) is 42.2 Å². The van der Waals surface area contributed by atoms with Crippen molar-refractivity contribution in [3.63, 3.8) is 0 Å². The Bertz CT molecular complexity index is 691. The third kappa shape index (κ3) is 4.65. The van der Waals surface area contributed by atoms with Gasteiger partial charge in [-0.3, -0.25) is 4.79 Å². The Morgan fingerprint density at radius 2 is 2.16 bits per heavy atom. The van der Waals surface area contributed by atoms with Crippen LogP contribution in [0, 0.1) is 0 Å². The van der Waals surface area contributed by atoms with Crippen LogP contribution >= 0.6 is 0 Å². The molecule has 25 heavy (non-hydrogen) atoms. The molecule has 1 saturated heterocycles. The van der Waals surface area contributed by atoms with Crippen LogP contribution in [0.2, 0.25) is 0 Å². The number of carbonyl (C=O) groups excluding carboxylic acids is 1. The minimum Gasteiger partial charge on any atom is -0.475 e. The number of hydrogen-bond acceptors (Lipinski definition) is 6. The predicted molar refractivity (Wildman–Crippen MR) is 91.6 cm³/mol. The molecule has 0 saturated carbocycles. The highest BCUT2D eigenvalue weighted by molar-refractivity contribution is 5.94. The van der Waals surface area contributed by atoms with Crippen LogP contribution < -0.4 is 9.47 Å². The van der Waals surface area contributed by atoms with E-state index in [0.717, 1.165) is 12.8 Å². The highest BCUT2D eigenvalue weighted by Crippen LogP contribution is 2.18. The number of ether oxygens (including phenoxy) is 2. The molecule has 2 aromatic rings. The lowest BCUT2D eigenvalue weighted by atomic mass is 10.1. The molecule has 2 aromatic heterocycles. The lowest BCUT2D eigenvalue weighted by Crippen LogP contribution is -2.44. The molecule has 1 unspecified atom stereocenters. The zero-order valence-electron chi connectivity index (χ0n) is 14.5. The lowest BCUT2D eigenvalue weighted by Gasteiger charge is -2.32. The number of hydrogen-bond donors (Lipinski definition) is 0. The monoisotopic (exact) mass is 342 g/mol. The minimum absolute atomic E-state index is 0.0453. The van der Waals surface area contributed by atoms with Crippen molar-refractivity contribution in [1.82, 2.24) is 20.1 Å². The van der Waals surface area contributed by atoms with Gasteiger partial charge in [-0.1, -0.05) is 0 Å². The maximum atomic E-state index is 12.7. The first-order valence-corrected chi connectivity index (χ1v) is 8.48. The first kappa shape index (κ1) is 17.1. The van der Waals surface area contributed by atoms with Crippen LogP contribution in [-0.4, -0.2) is 51.3 Å². The van der Waals surface area contributed by atoms with Gasteiger partial charge in [-0.2, -0.15) is 5.10 Å². The summed E-state index contributed by atoms with van der Waals surface area (Å²) in [5.41, 5.74) is 0.552. The standard InChI is InChI=1S/C18H22N4O3/c1-13(2)24-16-8-7-14(11-19-16)18(23)22-10-4-5-15(12-22)25-17-6-3-9-20-21-17/h3,6-9,11,13,15H,4-5,10,12H2,1-2H3. The highest BCUT2D eigenvalue weighted by Gasteiger charge is 2.26. The number of amides is 1. The van der Waals surface area contributed by atoms with Crippen molar-refractivity contribution in [2.45, 2.75) is 38.9 Å². The Kier molecular flexibility index (Phi) is 5.42. The van der Waals surface area contributed by atoms with Crippen LogP contribution in [0.5, 0.6) is 11.8 Å².